The molecule has 0 aliphatic carbocycles. The number of carbonyl (C=O) groups excluding carboxylic acids is 1. The molecule has 0 saturated carbocycles. The highest BCUT2D eigenvalue weighted by Gasteiger charge is 2.18. The van der Waals surface area contributed by atoms with Crippen LogP contribution in [0, 0.1) is 0 Å². The lowest BCUT2D eigenvalue weighted by Crippen LogP contribution is -2.40. The minimum absolute atomic E-state index is 0.103. The lowest BCUT2D eigenvalue weighted by atomic mass is 10.0. The molecule has 37 heavy (non-hydrogen) atoms. The third-order valence-corrected chi connectivity index (χ3v) is 6.62. The number of nitrogens with one attached hydrogen (secondary N) is 3. The van der Waals surface area contributed by atoms with Gasteiger partial charge in [0, 0.05) is 66.8 Å². The van der Waals surface area contributed by atoms with Crippen molar-refractivity contribution in [2.45, 2.75) is 25.8 Å². The summed E-state index contributed by atoms with van der Waals surface area (Å²) in [7, 11) is 0. The van der Waals surface area contributed by atoms with E-state index in [1.807, 2.05) is 60.8 Å². The van der Waals surface area contributed by atoms with E-state index in [-0.39, 0.29) is 12.5 Å². The number of para-hydroxylation sites is 1. The molecule has 1 fully saturated rings. The zero-order chi connectivity index (χ0) is 25.6. The molecule has 0 unspecified atom stereocenters. The van der Waals surface area contributed by atoms with Crippen molar-refractivity contribution in [1.82, 2.24) is 14.9 Å². The lowest BCUT2D eigenvalue weighted by molar-refractivity contribution is -0.114. The molecule has 1 aliphatic heterocycles. The number of aliphatic hydroxyl groups excluding tert-OH is 1. The molecule has 5 rings (SSSR count). The third kappa shape index (κ3) is 6.22. The molecule has 4 N–H and O–H groups in total. The van der Waals surface area contributed by atoms with E-state index in [0.717, 1.165) is 71.6 Å². The molecule has 1 aliphatic rings. The summed E-state index contributed by atoms with van der Waals surface area (Å²) in [5.74, 6) is 0.420. The van der Waals surface area contributed by atoms with E-state index in [9.17, 15) is 4.79 Å². The second-order valence-corrected chi connectivity index (χ2v) is 9.39. The van der Waals surface area contributed by atoms with Crippen molar-refractivity contribution in [2.24, 2.45) is 0 Å². The van der Waals surface area contributed by atoms with Crippen LogP contribution in [0.2, 0.25) is 0 Å². The molecule has 0 atom stereocenters. The molecule has 1 amide bonds. The van der Waals surface area contributed by atoms with Gasteiger partial charge in [-0.05, 0) is 54.8 Å². The Morgan fingerprint density at radius 3 is 2.51 bits per heavy atom. The number of rotatable bonds is 8. The van der Waals surface area contributed by atoms with Gasteiger partial charge in [-0.3, -0.25) is 4.79 Å². The molecule has 0 bridgehead atoms. The quantitative estimate of drug-likeness (QED) is 0.276. The molecule has 0 spiro atoms. The fraction of sp³-hybridized carbons (Fsp3) is 0.276. The van der Waals surface area contributed by atoms with Crippen molar-refractivity contribution < 1.29 is 9.90 Å². The maximum absolute atomic E-state index is 11.5. The van der Waals surface area contributed by atoms with E-state index in [0.29, 0.717) is 12.0 Å². The zero-order valence-corrected chi connectivity index (χ0v) is 20.9. The van der Waals surface area contributed by atoms with Crippen molar-refractivity contribution in [3.05, 3.63) is 72.9 Å². The summed E-state index contributed by atoms with van der Waals surface area (Å²) in [4.78, 5) is 23.1. The Kier molecular flexibility index (Phi) is 7.58. The molecule has 1 saturated heterocycles. The lowest BCUT2D eigenvalue weighted by Gasteiger charge is -2.32. The summed E-state index contributed by atoms with van der Waals surface area (Å²) in [6, 6.07) is 22.4. The number of nitrogens with zero attached hydrogens (tertiary/aromatic N) is 3. The van der Waals surface area contributed by atoms with E-state index in [4.69, 9.17) is 10.1 Å². The predicted molar refractivity (Wildman–Crippen MR) is 149 cm³/mol. The number of piperidine rings is 1. The first-order valence-corrected chi connectivity index (χ1v) is 12.7. The van der Waals surface area contributed by atoms with Crippen LogP contribution in [-0.4, -0.2) is 58.2 Å². The summed E-state index contributed by atoms with van der Waals surface area (Å²) in [6.45, 7) is 4.50. The average Bonchev–Trinajstić information content (AvgIpc) is 2.90. The van der Waals surface area contributed by atoms with E-state index >= 15 is 0 Å². The summed E-state index contributed by atoms with van der Waals surface area (Å²) in [6.07, 6.45) is 3.97. The van der Waals surface area contributed by atoms with Crippen LogP contribution in [-0.2, 0) is 4.79 Å². The van der Waals surface area contributed by atoms with Crippen molar-refractivity contribution in [3.63, 3.8) is 0 Å². The van der Waals surface area contributed by atoms with Crippen LogP contribution in [0.25, 0.3) is 22.0 Å². The van der Waals surface area contributed by atoms with Crippen molar-refractivity contribution in [1.29, 1.82) is 0 Å². The van der Waals surface area contributed by atoms with E-state index in [1.54, 1.807) is 0 Å². The van der Waals surface area contributed by atoms with Gasteiger partial charge in [0.2, 0.25) is 11.9 Å². The van der Waals surface area contributed by atoms with Gasteiger partial charge in [0.05, 0.1) is 12.1 Å². The first kappa shape index (κ1) is 24.7. The summed E-state index contributed by atoms with van der Waals surface area (Å²) >= 11 is 0. The fourth-order valence-electron chi connectivity index (χ4n) is 4.77. The maximum atomic E-state index is 11.5. The maximum Gasteiger partial charge on any atom is 0.227 e. The van der Waals surface area contributed by atoms with Gasteiger partial charge in [0.1, 0.15) is 0 Å². The highest BCUT2D eigenvalue weighted by atomic mass is 16.3. The van der Waals surface area contributed by atoms with Gasteiger partial charge in [-0.2, -0.15) is 0 Å². The van der Waals surface area contributed by atoms with Gasteiger partial charge in [0.25, 0.3) is 0 Å². The second-order valence-electron chi connectivity index (χ2n) is 9.39. The Morgan fingerprint density at radius 1 is 1.00 bits per heavy atom. The summed E-state index contributed by atoms with van der Waals surface area (Å²) < 4.78 is 0. The number of hydrogen-bond donors (Lipinski definition) is 4. The summed E-state index contributed by atoms with van der Waals surface area (Å²) in [5.41, 5.74) is 5.53. The topological polar surface area (TPSA) is 102 Å². The molecule has 8 nitrogen and oxygen atoms in total. The number of benzene rings is 3. The molecule has 2 heterocycles. The fourth-order valence-corrected chi connectivity index (χ4v) is 4.77. The van der Waals surface area contributed by atoms with E-state index in [2.05, 4.69) is 38.0 Å². The molecule has 190 valence electrons. The van der Waals surface area contributed by atoms with Crippen LogP contribution in [0.1, 0.15) is 19.8 Å². The highest BCUT2D eigenvalue weighted by Crippen LogP contribution is 2.30. The minimum atomic E-state index is -0.103. The van der Waals surface area contributed by atoms with Gasteiger partial charge in [-0.25, -0.2) is 9.97 Å². The third-order valence-electron chi connectivity index (χ3n) is 6.62. The first-order valence-electron chi connectivity index (χ1n) is 12.7. The normalized spacial score (nSPS) is 14.4. The largest absolute Gasteiger partial charge is 0.395 e. The number of aromatic nitrogens is 2. The number of anilines is 4. The van der Waals surface area contributed by atoms with E-state index < -0.39 is 0 Å². The molecule has 0 radical (unpaired) electrons. The Morgan fingerprint density at radius 2 is 1.76 bits per heavy atom. The Bertz CT molecular complexity index is 1370. The number of amides is 1. The van der Waals surface area contributed by atoms with Crippen molar-refractivity contribution >= 4 is 39.8 Å². The SMILES string of the molecule is CC(=O)Nc1cccc(-c2cccc3cnc(Nc4ccc(NC5CCN(CCO)CC5)cc4)nc23)c1. The Labute approximate surface area is 216 Å². The van der Waals surface area contributed by atoms with Crippen molar-refractivity contribution in [2.75, 3.05) is 42.2 Å². The predicted octanol–water partition coefficient (Wildman–Crippen LogP) is 4.87. The van der Waals surface area contributed by atoms with Crippen LogP contribution in [0.4, 0.5) is 23.0 Å². The van der Waals surface area contributed by atoms with Crippen LogP contribution in [0.15, 0.2) is 72.9 Å². The van der Waals surface area contributed by atoms with Crippen LogP contribution >= 0.6 is 0 Å². The number of fused-ring (bicyclic) bond motifs is 1. The monoisotopic (exact) mass is 496 g/mol. The minimum Gasteiger partial charge on any atom is -0.395 e. The van der Waals surface area contributed by atoms with Gasteiger partial charge < -0.3 is 26.0 Å². The molecule has 1 aromatic heterocycles. The second kappa shape index (κ2) is 11.4. The van der Waals surface area contributed by atoms with E-state index in [1.165, 1.54) is 6.92 Å². The van der Waals surface area contributed by atoms with Gasteiger partial charge >= 0.3 is 0 Å². The molecule has 3 aromatic carbocycles. The standard InChI is InChI=1S/C29H32N6O2/c1-20(37)31-26-6-2-4-21(18-26)27-7-3-5-22-19-30-29(34-28(22)27)33-24-10-8-23(9-11-24)32-25-12-14-35(15-13-25)16-17-36/h2-11,18-19,25,32,36H,12-17H2,1H3,(H,31,37)(H,30,33,34). The zero-order valence-electron chi connectivity index (χ0n) is 20.9. The molecular formula is C29H32N6O2. The van der Waals surface area contributed by atoms with Crippen LogP contribution < -0.4 is 16.0 Å². The average molecular weight is 497 g/mol. The molecular weight excluding hydrogens is 464 g/mol. The number of β-amino-alcohol motifs (C(OH)–C–C–N with tert-alkyl or cyclic N) is 1. The van der Waals surface area contributed by atoms with Gasteiger partial charge in [0.15, 0.2) is 0 Å². The number of hydrogen-bond acceptors (Lipinski definition) is 7. The first-order chi connectivity index (χ1) is 18.1. The van der Waals surface area contributed by atoms with Crippen LogP contribution in [0.5, 0.6) is 0 Å². The number of likely N-dealkylation sites (tertiary alicyclic amines) is 1. The highest BCUT2D eigenvalue weighted by molar-refractivity contribution is 5.95. The van der Waals surface area contributed by atoms with Gasteiger partial charge in [-0.1, -0.05) is 30.3 Å². The molecule has 4 aromatic rings. The smallest absolute Gasteiger partial charge is 0.227 e. The molecule has 8 heteroatoms. The number of carbonyl (C=O) groups is 1. The summed E-state index contributed by atoms with van der Waals surface area (Å²) in [5, 5.41) is 19.9. The Balaban J connectivity index is 1.29. The van der Waals surface area contributed by atoms with Crippen molar-refractivity contribution in [3.8, 4) is 11.1 Å². The van der Waals surface area contributed by atoms with Crippen LogP contribution in [0.3, 0.4) is 0 Å². The number of aliphatic hydroxyl groups is 1. The Hall–Kier alpha value is -4.01. The van der Waals surface area contributed by atoms with Gasteiger partial charge in [-0.15, -0.1) is 0 Å².